The van der Waals surface area contributed by atoms with Gasteiger partial charge >= 0.3 is 4.87 Å². The fraction of sp³-hybridized carbons (Fsp3) is 0.150. The van der Waals surface area contributed by atoms with E-state index in [9.17, 15) is 14.4 Å². The van der Waals surface area contributed by atoms with E-state index >= 15 is 0 Å². The van der Waals surface area contributed by atoms with Crippen LogP contribution in [0.4, 0.5) is 5.69 Å². The molecule has 1 saturated heterocycles. The number of hydrogen-bond donors (Lipinski definition) is 1. The fourth-order valence-corrected chi connectivity index (χ4v) is 6.88. The van der Waals surface area contributed by atoms with Gasteiger partial charge in [-0.1, -0.05) is 76.6 Å². The van der Waals surface area contributed by atoms with E-state index in [1.54, 1.807) is 42.5 Å². The minimum absolute atomic E-state index is 0.231. The minimum Gasteiger partial charge on any atom is -0.307 e. The van der Waals surface area contributed by atoms with Crippen LogP contribution in [-0.2, 0) is 9.59 Å². The molecule has 3 atom stereocenters. The molecule has 146 valence electrons. The third-order valence-electron chi connectivity index (χ3n) is 5.15. The van der Waals surface area contributed by atoms with Crippen LogP contribution in [0.2, 0.25) is 10.0 Å². The summed E-state index contributed by atoms with van der Waals surface area (Å²) < 4.78 is 0. The molecule has 29 heavy (non-hydrogen) atoms. The number of amides is 2. The third-order valence-corrected chi connectivity index (χ3v) is 8.39. The van der Waals surface area contributed by atoms with E-state index in [0.717, 1.165) is 11.3 Å². The first-order valence-electron chi connectivity index (χ1n) is 8.74. The quantitative estimate of drug-likeness (QED) is 0.567. The molecule has 0 saturated carbocycles. The van der Waals surface area contributed by atoms with E-state index in [1.807, 2.05) is 6.07 Å². The highest BCUT2D eigenvalue weighted by Gasteiger charge is 2.56. The Kier molecular flexibility index (Phi) is 4.58. The van der Waals surface area contributed by atoms with Crippen molar-refractivity contribution in [3.63, 3.8) is 0 Å². The molecule has 5 nitrogen and oxygen atoms in total. The molecule has 2 amide bonds. The van der Waals surface area contributed by atoms with Crippen LogP contribution in [0.25, 0.3) is 0 Å². The number of rotatable bonds is 2. The average molecular weight is 463 g/mol. The molecular weight excluding hydrogens is 451 g/mol. The lowest BCUT2D eigenvalue weighted by Crippen LogP contribution is -2.32. The monoisotopic (exact) mass is 462 g/mol. The molecule has 0 bridgehead atoms. The number of H-pyrrole nitrogens is 1. The first-order chi connectivity index (χ1) is 14.0. The number of nitrogens with zero attached hydrogens (tertiary/aromatic N) is 1. The smallest absolute Gasteiger partial charge is 0.305 e. The summed E-state index contributed by atoms with van der Waals surface area (Å²) in [6.07, 6.45) is 0. The first kappa shape index (κ1) is 18.9. The number of halogens is 2. The average Bonchev–Trinajstić information content (AvgIpc) is 3.20. The molecule has 9 heteroatoms. The number of fused-ring (bicyclic) bond motifs is 2. The van der Waals surface area contributed by atoms with Gasteiger partial charge in [0.25, 0.3) is 0 Å². The Hall–Kier alpha value is -2.06. The summed E-state index contributed by atoms with van der Waals surface area (Å²) >= 11 is 15.0. The van der Waals surface area contributed by atoms with Crippen molar-refractivity contribution in [1.82, 2.24) is 4.98 Å². The summed E-state index contributed by atoms with van der Waals surface area (Å²) in [5, 5.41) is 0.647. The minimum atomic E-state index is -0.678. The molecule has 1 N–H and O–H groups in total. The van der Waals surface area contributed by atoms with E-state index in [-0.39, 0.29) is 16.7 Å². The SMILES string of the molecule is O=C1C2Sc3[nH]c(=O)sc3[C@H](c3cccc(Cl)c3Cl)C2C(=O)N1c1ccccc1. The number of anilines is 1. The van der Waals surface area contributed by atoms with Gasteiger partial charge in [-0.25, -0.2) is 4.90 Å². The number of imide groups is 1. The van der Waals surface area contributed by atoms with Gasteiger partial charge in [-0.05, 0) is 23.8 Å². The van der Waals surface area contributed by atoms with Crippen LogP contribution < -0.4 is 9.77 Å². The standard InChI is InChI=1S/C20H12Cl2N2O3S2/c21-11-8-4-7-10(14(11)22)12-13-16(28-17-15(12)29-20(27)23-17)19(26)24(18(13)25)9-5-2-1-3-6-9/h1-8,12-13,16H,(H,23,27)/t12-,13?,16?/m1/s1. The topological polar surface area (TPSA) is 70.2 Å². The molecule has 3 aromatic rings. The van der Waals surface area contributed by atoms with Crippen molar-refractivity contribution in [3.05, 3.63) is 78.7 Å². The Bertz CT molecular complexity index is 1210. The van der Waals surface area contributed by atoms with Crippen molar-refractivity contribution in [2.45, 2.75) is 16.2 Å². The number of thiazole rings is 1. The number of thioether (sulfide) groups is 1. The van der Waals surface area contributed by atoms with Gasteiger partial charge in [0.05, 0.1) is 26.7 Å². The molecule has 2 aromatic carbocycles. The van der Waals surface area contributed by atoms with Gasteiger partial charge in [-0.15, -0.1) is 0 Å². The molecule has 0 spiro atoms. The maximum Gasteiger partial charge on any atom is 0.305 e. The largest absolute Gasteiger partial charge is 0.307 e. The highest BCUT2D eigenvalue weighted by atomic mass is 35.5. The molecule has 0 radical (unpaired) electrons. The van der Waals surface area contributed by atoms with Crippen molar-refractivity contribution in [2.75, 3.05) is 4.90 Å². The lowest BCUT2D eigenvalue weighted by atomic mass is 9.83. The van der Waals surface area contributed by atoms with Crippen LogP contribution in [0.15, 0.2) is 58.4 Å². The van der Waals surface area contributed by atoms with Crippen LogP contribution in [0.3, 0.4) is 0 Å². The van der Waals surface area contributed by atoms with Gasteiger partial charge in [0, 0.05) is 10.8 Å². The second-order valence-electron chi connectivity index (χ2n) is 6.74. The Morgan fingerprint density at radius 1 is 0.931 bits per heavy atom. The number of para-hydroxylation sites is 1. The molecular formula is C20H12Cl2N2O3S2. The maximum atomic E-state index is 13.5. The number of nitrogens with one attached hydrogen (secondary N) is 1. The van der Waals surface area contributed by atoms with Gasteiger partial charge in [-0.3, -0.25) is 14.4 Å². The number of aromatic nitrogens is 1. The number of carbonyl (C=O) groups excluding carboxylic acids is 2. The van der Waals surface area contributed by atoms with Crippen molar-refractivity contribution >= 4 is 63.8 Å². The van der Waals surface area contributed by atoms with Crippen LogP contribution >= 0.6 is 46.3 Å². The van der Waals surface area contributed by atoms with Crippen LogP contribution in [0.1, 0.15) is 16.4 Å². The lowest BCUT2D eigenvalue weighted by molar-refractivity contribution is -0.122. The van der Waals surface area contributed by atoms with Crippen LogP contribution in [-0.4, -0.2) is 22.0 Å². The molecule has 2 unspecified atom stereocenters. The summed E-state index contributed by atoms with van der Waals surface area (Å²) in [6.45, 7) is 0. The van der Waals surface area contributed by atoms with Gasteiger partial charge in [-0.2, -0.15) is 0 Å². The summed E-state index contributed by atoms with van der Waals surface area (Å²) in [5.74, 6) is -1.80. The molecule has 2 aliphatic rings. The number of hydrogen-bond acceptors (Lipinski definition) is 5. The van der Waals surface area contributed by atoms with E-state index < -0.39 is 17.1 Å². The van der Waals surface area contributed by atoms with Crippen molar-refractivity contribution in [3.8, 4) is 0 Å². The van der Waals surface area contributed by atoms with E-state index in [2.05, 4.69) is 4.98 Å². The molecule has 2 aliphatic heterocycles. The second-order valence-corrected chi connectivity index (χ2v) is 9.69. The Balaban J connectivity index is 1.70. The van der Waals surface area contributed by atoms with E-state index in [4.69, 9.17) is 23.2 Å². The summed E-state index contributed by atoms with van der Waals surface area (Å²) in [6, 6.07) is 14.1. The summed E-state index contributed by atoms with van der Waals surface area (Å²) in [4.78, 5) is 43.3. The number of carbonyl (C=O) groups is 2. The Morgan fingerprint density at radius 3 is 2.45 bits per heavy atom. The highest BCUT2D eigenvalue weighted by Crippen LogP contribution is 2.54. The molecule has 5 rings (SSSR count). The van der Waals surface area contributed by atoms with Crippen molar-refractivity contribution in [1.29, 1.82) is 0 Å². The Morgan fingerprint density at radius 2 is 1.69 bits per heavy atom. The number of aromatic amines is 1. The fourth-order valence-electron chi connectivity index (χ4n) is 3.94. The number of benzene rings is 2. The van der Waals surface area contributed by atoms with Gasteiger partial charge in [0.1, 0.15) is 5.25 Å². The highest BCUT2D eigenvalue weighted by molar-refractivity contribution is 8.00. The van der Waals surface area contributed by atoms with Crippen molar-refractivity contribution < 1.29 is 9.59 Å². The predicted molar refractivity (Wildman–Crippen MR) is 115 cm³/mol. The van der Waals surface area contributed by atoms with Crippen LogP contribution in [0.5, 0.6) is 0 Å². The van der Waals surface area contributed by atoms with Gasteiger partial charge < -0.3 is 4.98 Å². The van der Waals surface area contributed by atoms with E-state index in [0.29, 0.717) is 31.2 Å². The zero-order chi connectivity index (χ0) is 20.3. The van der Waals surface area contributed by atoms with Crippen LogP contribution in [0, 0.1) is 5.92 Å². The zero-order valence-corrected chi connectivity index (χ0v) is 17.7. The first-order valence-corrected chi connectivity index (χ1v) is 11.2. The summed E-state index contributed by atoms with van der Waals surface area (Å²) in [7, 11) is 0. The second kappa shape index (κ2) is 7.02. The zero-order valence-electron chi connectivity index (χ0n) is 14.6. The molecule has 1 aromatic heterocycles. The molecule has 1 fully saturated rings. The van der Waals surface area contributed by atoms with Gasteiger partial charge in [0.2, 0.25) is 11.8 Å². The molecule has 3 heterocycles. The predicted octanol–water partition coefficient (Wildman–Crippen LogP) is 4.54. The lowest BCUT2D eigenvalue weighted by Gasteiger charge is -2.30. The normalized spacial score (nSPS) is 23.2. The van der Waals surface area contributed by atoms with Crippen molar-refractivity contribution in [2.24, 2.45) is 5.92 Å². The third kappa shape index (κ3) is 2.87. The maximum absolute atomic E-state index is 13.5. The van der Waals surface area contributed by atoms with Gasteiger partial charge in [0.15, 0.2) is 0 Å². The molecule has 0 aliphatic carbocycles. The Labute approximate surface area is 183 Å². The van der Waals surface area contributed by atoms with E-state index in [1.165, 1.54) is 16.7 Å². The summed E-state index contributed by atoms with van der Waals surface area (Å²) in [5.41, 5.74) is 1.17.